The number of carbonyl (C=O) groups excluding carboxylic acids is 1. The number of hydrogen-bond acceptors (Lipinski definition) is 3. The molecule has 1 N–H and O–H groups in total. The average Bonchev–Trinajstić information content (AvgIpc) is 3.16. The van der Waals surface area contributed by atoms with E-state index in [2.05, 4.69) is 14.7 Å². The van der Waals surface area contributed by atoms with Crippen LogP contribution in [0.15, 0.2) is 48.8 Å². The number of hydrogen-bond donors (Lipinski definition) is 1. The van der Waals surface area contributed by atoms with E-state index in [0.717, 1.165) is 23.9 Å². The van der Waals surface area contributed by atoms with Crippen LogP contribution in [0, 0.1) is 5.82 Å². The van der Waals surface area contributed by atoms with E-state index >= 15 is 0 Å². The molecule has 4 rings (SSSR count). The minimum Gasteiger partial charge on any atom is -0.406 e. The van der Waals surface area contributed by atoms with Crippen LogP contribution in [0.1, 0.15) is 22.3 Å². The van der Waals surface area contributed by atoms with Gasteiger partial charge in [-0.1, -0.05) is 6.08 Å². The van der Waals surface area contributed by atoms with Gasteiger partial charge < -0.3 is 14.6 Å². The van der Waals surface area contributed by atoms with Gasteiger partial charge in [0, 0.05) is 35.8 Å². The Labute approximate surface area is 162 Å². The van der Waals surface area contributed by atoms with E-state index < -0.39 is 17.9 Å². The van der Waals surface area contributed by atoms with Crippen LogP contribution in [0.3, 0.4) is 0 Å². The number of ether oxygens (including phenoxy) is 1. The molecule has 0 aliphatic carbocycles. The Bertz CT molecular complexity index is 1090. The van der Waals surface area contributed by atoms with Crippen molar-refractivity contribution in [1.82, 2.24) is 14.9 Å². The number of fused-ring (bicyclic) bond motifs is 1. The monoisotopic (exact) mass is 405 g/mol. The van der Waals surface area contributed by atoms with Gasteiger partial charge in [0.05, 0.1) is 6.20 Å². The second kappa shape index (κ2) is 7.23. The fourth-order valence-electron chi connectivity index (χ4n) is 3.37. The highest BCUT2D eigenvalue weighted by molar-refractivity contribution is 5.95. The molecule has 29 heavy (non-hydrogen) atoms. The number of halogens is 4. The second-order valence-electron chi connectivity index (χ2n) is 6.52. The van der Waals surface area contributed by atoms with Crippen molar-refractivity contribution >= 4 is 22.5 Å². The zero-order chi connectivity index (χ0) is 20.6. The van der Waals surface area contributed by atoms with Gasteiger partial charge >= 0.3 is 6.36 Å². The Kier molecular flexibility index (Phi) is 4.73. The standard InChI is InChI=1S/C20H15F4N3O2/c21-16-11-26-18-15(5-8-25-18)17(16)12-6-9-27(10-7-12)19(28)13-1-3-14(4-2-13)29-20(22,23)24/h1-6,8,11H,7,9-10H2,(H,25,26). The third-order valence-corrected chi connectivity index (χ3v) is 4.69. The molecule has 0 saturated heterocycles. The third-order valence-electron chi connectivity index (χ3n) is 4.69. The number of pyridine rings is 1. The topological polar surface area (TPSA) is 58.2 Å². The SMILES string of the molecule is O=C(c1ccc(OC(F)(F)F)cc1)N1CC=C(c2c(F)cnc3[nH]ccc23)CC1. The van der Waals surface area contributed by atoms with E-state index in [1.807, 2.05) is 0 Å². The van der Waals surface area contributed by atoms with E-state index in [0.29, 0.717) is 29.6 Å². The van der Waals surface area contributed by atoms with Gasteiger partial charge in [-0.2, -0.15) is 0 Å². The first kappa shape index (κ1) is 19.0. The molecular weight excluding hydrogens is 390 g/mol. The smallest absolute Gasteiger partial charge is 0.406 e. The molecule has 0 saturated carbocycles. The molecular formula is C20H15F4N3O2. The lowest BCUT2D eigenvalue weighted by atomic mass is 9.97. The summed E-state index contributed by atoms with van der Waals surface area (Å²) in [5.74, 6) is -1.14. The van der Waals surface area contributed by atoms with Gasteiger partial charge in [-0.3, -0.25) is 4.79 Å². The molecule has 3 heterocycles. The maximum absolute atomic E-state index is 14.4. The molecule has 0 fully saturated rings. The van der Waals surface area contributed by atoms with Crippen molar-refractivity contribution in [3.05, 3.63) is 65.7 Å². The summed E-state index contributed by atoms with van der Waals surface area (Å²) in [6.45, 7) is 0.627. The summed E-state index contributed by atoms with van der Waals surface area (Å²) in [5, 5.41) is 0.677. The van der Waals surface area contributed by atoms with Crippen molar-refractivity contribution in [2.75, 3.05) is 13.1 Å². The highest BCUT2D eigenvalue weighted by atomic mass is 19.4. The van der Waals surface area contributed by atoms with Crippen molar-refractivity contribution < 1.29 is 27.1 Å². The highest BCUT2D eigenvalue weighted by Crippen LogP contribution is 2.31. The Balaban J connectivity index is 1.50. The van der Waals surface area contributed by atoms with Gasteiger partial charge in [0.15, 0.2) is 0 Å². The molecule has 1 aliphatic rings. The van der Waals surface area contributed by atoms with Crippen molar-refractivity contribution in [3.8, 4) is 5.75 Å². The Morgan fingerprint density at radius 1 is 1.17 bits per heavy atom. The van der Waals surface area contributed by atoms with Crippen LogP contribution in [0.2, 0.25) is 0 Å². The Morgan fingerprint density at radius 3 is 2.59 bits per heavy atom. The highest BCUT2D eigenvalue weighted by Gasteiger charge is 2.31. The van der Waals surface area contributed by atoms with Gasteiger partial charge in [0.25, 0.3) is 5.91 Å². The quantitative estimate of drug-likeness (QED) is 0.652. The molecule has 1 aromatic carbocycles. The number of rotatable bonds is 3. The lowest BCUT2D eigenvalue weighted by Gasteiger charge is -2.27. The molecule has 150 valence electrons. The zero-order valence-corrected chi connectivity index (χ0v) is 15.0. The van der Waals surface area contributed by atoms with Gasteiger partial charge in [-0.05, 0) is 42.3 Å². The van der Waals surface area contributed by atoms with Gasteiger partial charge in [0.1, 0.15) is 17.2 Å². The Morgan fingerprint density at radius 2 is 1.93 bits per heavy atom. The van der Waals surface area contributed by atoms with E-state index in [1.54, 1.807) is 23.2 Å². The maximum atomic E-state index is 14.4. The second-order valence-corrected chi connectivity index (χ2v) is 6.52. The summed E-state index contributed by atoms with van der Waals surface area (Å²) < 4.78 is 54.9. The van der Waals surface area contributed by atoms with Crippen molar-refractivity contribution in [2.45, 2.75) is 12.8 Å². The van der Waals surface area contributed by atoms with Crippen LogP contribution in [-0.4, -0.2) is 40.2 Å². The zero-order valence-electron chi connectivity index (χ0n) is 15.0. The van der Waals surface area contributed by atoms with E-state index in [1.165, 1.54) is 12.1 Å². The van der Waals surface area contributed by atoms with Crippen LogP contribution >= 0.6 is 0 Å². The van der Waals surface area contributed by atoms with Crippen LogP contribution in [-0.2, 0) is 0 Å². The van der Waals surface area contributed by atoms with Gasteiger partial charge in [-0.25, -0.2) is 9.37 Å². The molecule has 0 atom stereocenters. The normalized spacial score (nSPS) is 14.8. The lowest BCUT2D eigenvalue weighted by molar-refractivity contribution is -0.274. The predicted molar refractivity (Wildman–Crippen MR) is 97.7 cm³/mol. The number of benzene rings is 1. The molecule has 0 bridgehead atoms. The fourth-order valence-corrected chi connectivity index (χ4v) is 3.37. The number of H-pyrrole nitrogens is 1. The largest absolute Gasteiger partial charge is 0.573 e. The minimum absolute atomic E-state index is 0.250. The van der Waals surface area contributed by atoms with Crippen LogP contribution in [0.4, 0.5) is 17.6 Å². The number of aromatic amines is 1. The summed E-state index contributed by atoms with van der Waals surface area (Å²) in [5.41, 5.74) is 2.09. The van der Waals surface area contributed by atoms with E-state index in [9.17, 15) is 22.4 Å². The summed E-state index contributed by atoms with van der Waals surface area (Å²) in [6, 6.07) is 6.52. The van der Waals surface area contributed by atoms with E-state index in [4.69, 9.17) is 0 Å². The summed E-state index contributed by atoms with van der Waals surface area (Å²) in [6.07, 6.45) is 0.297. The molecule has 5 nitrogen and oxygen atoms in total. The van der Waals surface area contributed by atoms with Crippen molar-refractivity contribution in [1.29, 1.82) is 0 Å². The summed E-state index contributed by atoms with van der Waals surface area (Å²) in [7, 11) is 0. The molecule has 0 spiro atoms. The van der Waals surface area contributed by atoms with Crippen LogP contribution < -0.4 is 4.74 Å². The van der Waals surface area contributed by atoms with Crippen molar-refractivity contribution in [3.63, 3.8) is 0 Å². The van der Waals surface area contributed by atoms with Crippen LogP contribution in [0.25, 0.3) is 16.6 Å². The van der Waals surface area contributed by atoms with Gasteiger partial charge in [0.2, 0.25) is 0 Å². The third kappa shape index (κ3) is 3.94. The Hall–Kier alpha value is -3.36. The molecule has 0 unspecified atom stereocenters. The van der Waals surface area contributed by atoms with Crippen LogP contribution in [0.5, 0.6) is 5.75 Å². The summed E-state index contributed by atoms with van der Waals surface area (Å²) >= 11 is 0. The summed E-state index contributed by atoms with van der Waals surface area (Å²) in [4.78, 5) is 21.1. The first-order valence-electron chi connectivity index (χ1n) is 8.78. The average molecular weight is 405 g/mol. The number of amides is 1. The first-order valence-corrected chi connectivity index (χ1v) is 8.78. The number of nitrogens with zero attached hydrogens (tertiary/aromatic N) is 2. The fraction of sp³-hybridized carbons (Fsp3) is 0.200. The lowest BCUT2D eigenvalue weighted by Crippen LogP contribution is -2.34. The number of aromatic nitrogens is 2. The number of alkyl halides is 3. The number of carbonyl (C=O) groups is 1. The van der Waals surface area contributed by atoms with Crippen molar-refractivity contribution in [2.24, 2.45) is 0 Å². The molecule has 0 radical (unpaired) electrons. The number of nitrogens with one attached hydrogen (secondary N) is 1. The van der Waals surface area contributed by atoms with E-state index in [-0.39, 0.29) is 18.0 Å². The molecule has 2 aromatic heterocycles. The molecule has 3 aromatic rings. The molecule has 1 amide bonds. The first-order chi connectivity index (χ1) is 13.8. The molecule has 9 heteroatoms. The maximum Gasteiger partial charge on any atom is 0.573 e. The predicted octanol–water partition coefficient (Wildman–Crippen LogP) is 4.53. The molecule has 1 aliphatic heterocycles. The van der Waals surface area contributed by atoms with Gasteiger partial charge in [-0.15, -0.1) is 13.2 Å². The minimum atomic E-state index is -4.79.